The van der Waals surface area contributed by atoms with E-state index in [9.17, 15) is 24.0 Å². The van der Waals surface area contributed by atoms with Crippen LogP contribution >= 0.6 is 0 Å². The predicted octanol–water partition coefficient (Wildman–Crippen LogP) is 8.85. The molecule has 2 atom stereocenters. The molecule has 2 aliphatic heterocycles. The molecule has 0 bridgehead atoms. The number of benzene rings is 4. The molecule has 83 heavy (non-hydrogen) atoms. The average Bonchev–Trinajstić information content (AvgIpc) is 4.28. The summed E-state index contributed by atoms with van der Waals surface area (Å²) in [6.07, 6.45) is 9.60. The molecular weight excluding hydrogens is 1050 g/mol. The summed E-state index contributed by atoms with van der Waals surface area (Å²) in [5, 5.41) is 19.3. The Hall–Kier alpha value is -8.10. The highest BCUT2D eigenvalue weighted by molar-refractivity contribution is 6.07. The number of alkyl carbamates (subject to hydrolysis) is 1. The highest BCUT2D eigenvalue weighted by atomic mass is 16.6. The van der Waals surface area contributed by atoms with Crippen LogP contribution in [0.15, 0.2) is 133 Å². The van der Waals surface area contributed by atoms with Crippen LogP contribution in [0.5, 0.6) is 0 Å². The zero-order chi connectivity index (χ0) is 57.6. The average molecular weight is 1130 g/mol. The Morgan fingerprint density at radius 1 is 0.675 bits per heavy atom. The molecule has 0 spiro atoms. The van der Waals surface area contributed by atoms with Crippen molar-refractivity contribution >= 4 is 52.1 Å². The number of carbonyl (C=O) groups excluding carboxylic acids is 5. The molecule has 0 fully saturated rings. The number of rotatable bonds is 31. The Morgan fingerprint density at radius 3 is 2.12 bits per heavy atom. The van der Waals surface area contributed by atoms with Crippen molar-refractivity contribution in [3.05, 3.63) is 161 Å². The van der Waals surface area contributed by atoms with Crippen molar-refractivity contribution in [1.29, 1.82) is 0 Å². The van der Waals surface area contributed by atoms with Crippen molar-refractivity contribution in [3.63, 3.8) is 0 Å². The van der Waals surface area contributed by atoms with Gasteiger partial charge < -0.3 is 49.9 Å². The maximum absolute atomic E-state index is 14.4. The minimum Gasteiger partial charge on any atom is -0.449 e. The van der Waals surface area contributed by atoms with E-state index in [1.165, 1.54) is 0 Å². The zero-order valence-corrected chi connectivity index (χ0v) is 47.2. The molecular formula is C64H75N9O10. The summed E-state index contributed by atoms with van der Waals surface area (Å²) in [5.74, 6) is -1.17. The quantitative estimate of drug-likeness (QED) is 0.0300. The van der Waals surface area contributed by atoms with E-state index in [4.69, 9.17) is 28.8 Å². The van der Waals surface area contributed by atoms with Gasteiger partial charge in [0.15, 0.2) is 0 Å². The standard InChI is InChI=1S/C64H75N9O10/c1-79-34-35-81-38-39-82-37-36-80-33-27-60(74)67-28-10-8-20-58(70-64(78)83-44-56-51-16-6-4-14-49(51)50-15-5-7-17-52(50)56)61(75)68-29-9-2-3-11-32-73-62(76)55(53-18-12-21-57-54(53)19-13-30-66-57)40-59(71-73)45-22-24-48(25-23-45)69-63(77)72-42-46-26-31-65-41-47(46)43-72/h4-7,12-19,21-26,30-31,41,55-56,58H,2-3,8-11,20,27-29,32-40,42-44H2,1H3,(H,67,74)(H,68,75)(H,69,77)(H,70,78)/t55?,58-/m0/s1. The lowest BCUT2D eigenvalue weighted by molar-refractivity contribution is -0.133. The van der Waals surface area contributed by atoms with Crippen molar-refractivity contribution in [1.82, 2.24) is 35.8 Å². The smallest absolute Gasteiger partial charge is 0.407 e. The number of carbonyl (C=O) groups is 5. The van der Waals surface area contributed by atoms with Crippen molar-refractivity contribution in [2.75, 3.05) is 84.9 Å². The van der Waals surface area contributed by atoms with E-state index in [1.54, 1.807) is 35.6 Å². The SMILES string of the molecule is COCCOCCOCCOCCC(=O)NCCCC[C@H](NC(=O)OCC1c2ccccc2-c2ccccc21)C(=O)NCCCCCCN1N=C(c2ccc(NC(=O)N3Cc4ccncc4C3)cc2)CC(c2cccc3ncccc23)C1=O. The summed E-state index contributed by atoms with van der Waals surface area (Å²) in [4.78, 5) is 78.0. The second kappa shape index (κ2) is 30.8. The van der Waals surface area contributed by atoms with Crippen LogP contribution in [0.3, 0.4) is 0 Å². The molecule has 4 aromatic carbocycles. The lowest BCUT2D eigenvalue weighted by Gasteiger charge is -2.30. The van der Waals surface area contributed by atoms with Crippen LogP contribution in [0.4, 0.5) is 15.3 Å². The van der Waals surface area contributed by atoms with Crippen LogP contribution in [0.25, 0.3) is 22.0 Å². The molecule has 2 aromatic heterocycles. The van der Waals surface area contributed by atoms with Gasteiger partial charge >= 0.3 is 12.1 Å². The van der Waals surface area contributed by atoms with Gasteiger partial charge in [-0.3, -0.25) is 24.4 Å². The van der Waals surface area contributed by atoms with Gasteiger partial charge in [0, 0.05) is 88.3 Å². The fourth-order valence-corrected chi connectivity index (χ4v) is 10.8. The molecule has 4 N–H and O–H groups in total. The second-order valence-electron chi connectivity index (χ2n) is 20.8. The molecule has 1 unspecified atom stereocenters. The van der Waals surface area contributed by atoms with Crippen LogP contribution in [0, 0.1) is 0 Å². The Morgan fingerprint density at radius 2 is 1.36 bits per heavy atom. The van der Waals surface area contributed by atoms with Gasteiger partial charge in [-0.2, -0.15) is 5.10 Å². The van der Waals surface area contributed by atoms with E-state index in [2.05, 4.69) is 55.5 Å². The summed E-state index contributed by atoms with van der Waals surface area (Å²) < 4.78 is 27.2. The first-order valence-corrected chi connectivity index (χ1v) is 28.9. The highest BCUT2D eigenvalue weighted by Crippen LogP contribution is 2.44. The highest BCUT2D eigenvalue weighted by Gasteiger charge is 2.34. The van der Waals surface area contributed by atoms with Gasteiger partial charge in [0.05, 0.1) is 63.4 Å². The van der Waals surface area contributed by atoms with Gasteiger partial charge in [-0.15, -0.1) is 0 Å². The summed E-state index contributed by atoms with van der Waals surface area (Å²) in [6.45, 7) is 5.33. The van der Waals surface area contributed by atoms with Crippen LogP contribution in [-0.2, 0) is 51.2 Å². The minimum absolute atomic E-state index is 0.0836. The third-order valence-electron chi connectivity index (χ3n) is 15.2. The number of anilines is 1. The number of unbranched alkanes of at least 4 members (excludes halogenated alkanes) is 4. The summed E-state index contributed by atoms with van der Waals surface area (Å²) >= 11 is 0. The number of nitrogens with one attached hydrogen (secondary N) is 4. The largest absolute Gasteiger partial charge is 0.449 e. The third-order valence-corrected chi connectivity index (χ3v) is 15.2. The summed E-state index contributed by atoms with van der Waals surface area (Å²) in [5.41, 5.74) is 10.5. The van der Waals surface area contributed by atoms with E-state index in [-0.39, 0.29) is 49.3 Å². The van der Waals surface area contributed by atoms with E-state index < -0.39 is 18.1 Å². The fourth-order valence-electron chi connectivity index (χ4n) is 10.8. The van der Waals surface area contributed by atoms with Gasteiger partial charge in [-0.05, 0) is 107 Å². The fraction of sp³-hybridized carbons (Fsp3) is 0.406. The van der Waals surface area contributed by atoms with Crippen LogP contribution in [0.1, 0.15) is 103 Å². The maximum Gasteiger partial charge on any atom is 0.407 e. The first-order chi connectivity index (χ1) is 40.7. The molecule has 0 radical (unpaired) electrons. The molecule has 4 heterocycles. The molecule has 0 saturated carbocycles. The zero-order valence-electron chi connectivity index (χ0n) is 47.2. The molecule has 436 valence electrons. The summed E-state index contributed by atoms with van der Waals surface area (Å²) in [6, 6.07) is 34.5. The number of nitrogens with zero attached hydrogens (tertiary/aromatic N) is 5. The van der Waals surface area contributed by atoms with E-state index in [1.807, 2.05) is 84.9 Å². The second-order valence-corrected chi connectivity index (χ2v) is 20.8. The first kappa shape index (κ1) is 59.5. The van der Waals surface area contributed by atoms with Gasteiger partial charge in [0.1, 0.15) is 12.6 Å². The van der Waals surface area contributed by atoms with Gasteiger partial charge in [-0.1, -0.05) is 91.7 Å². The molecule has 6 amide bonds. The van der Waals surface area contributed by atoms with Crippen molar-refractivity contribution in [3.8, 4) is 11.1 Å². The number of methoxy groups -OCH3 is 1. The predicted molar refractivity (Wildman–Crippen MR) is 316 cm³/mol. The normalized spacial score (nSPS) is 14.8. The molecule has 9 rings (SSSR count). The number of hydrazone groups is 1. The molecule has 19 nitrogen and oxygen atoms in total. The molecule has 19 heteroatoms. The Kier molecular flexibility index (Phi) is 22.1. The Labute approximate surface area is 484 Å². The van der Waals surface area contributed by atoms with Gasteiger partial charge in [0.2, 0.25) is 11.8 Å². The van der Waals surface area contributed by atoms with Crippen molar-refractivity contribution in [2.45, 2.75) is 88.8 Å². The van der Waals surface area contributed by atoms with Crippen molar-refractivity contribution < 1.29 is 47.7 Å². The number of amides is 6. The maximum atomic E-state index is 14.4. The lowest BCUT2D eigenvalue weighted by Crippen LogP contribution is -2.47. The number of urea groups is 1. The number of hydrogen-bond acceptors (Lipinski definition) is 13. The van der Waals surface area contributed by atoms with E-state index >= 15 is 0 Å². The number of hydrogen-bond donors (Lipinski definition) is 4. The number of aromatic nitrogens is 2. The minimum atomic E-state index is -0.863. The molecule has 3 aliphatic rings. The van der Waals surface area contributed by atoms with Gasteiger partial charge in [-0.25, -0.2) is 14.6 Å². The Balaban J connectivity index is 0.750. The molecule has 6 aromatic rings. The molecule has 0 saturated heterocycles. The van der Waals surface area contributed by atoms with Crippen molar-refractivity contribution in [2.24, 2.45) is 5.10 Å². The first-order valence-electron chi connectivity index (χ1n) is 28.9. The van der Waals surface area contributed by atoms with Crippen LogP contribution < -0.4 is 21.3 Å². The lowest BCUT2D eigenvalue weighted by atomic mass is 9.86. The monoisotopic (exact) mass is 1130 g/mol. The Bertz CT molecular complexity index is 3100. The third kappa shape index (κ3) is 16.6. The van der Waals surface area contributed by atoms with E-state index in [0.717, 1.165) is 74.0 Å². The number of pyridine rings is 2. The van der Waals surface area contributed by atoms with Crippen LogP contribution in [-0.4, -0.2) is 141 Å². The van der Waals surface area contributed by atoms with Crippen LogP contribution in [0.2, 0.25) is 0 Å². The topological polar surface area (TPSA) is 224 Å². The number of ether oxygens (including phenoxy) is 5. The van der Waals surface area contributed by atoms with Gasteiger partial charge in [0.25, 0.3) is 5.91 Å². The van der Waals surface area contributed by atoms with E-state index in [0.29, 0.717) is 117 Å². The number of fused-ring (bicyclic) bond motifs is 5. The summed E-state index contributed by atoms with van der Waals surface area (Å²) in [7, 11) is 1.62. The molecule has 1 aliphatic carbocycles.